The van der Waals surface area contributed by atoms with E-state index < -0.39 is 13.1 Å². The SMILES string of the molecule is CP(=O)(CCC(CCC1CCOCC1)c1cc(-c2ccc(C#Cc3cscn3)cc2)sc1C(=O)O)c1ccc(Cl)cc1. The molecule has 0 radical (unpaired) electrons. The highest BCUT2D eigenvalue weighted by atomic mass is 35.5. The lowest BCUT2D eigenvalue weighted by Crippen LogP contribution is -2.17. The van der Waals surface area contributed by atoms with Gasteiger partial charge in [0.2, 0.25) is 0 Å². The van der Waals surface area contributed by atoms with Gasteiger partial charge in [0.1, 0.15) is 17.7 Å². The van der Waals surface area contributed by atoms with Gasteiger partial charge in [-0.2, -0.15) is 0 Å². The zero-order valence-electron chi connectivity index (χ0n) is 23.4. The van der Waals surface area contributed by atoms with Crippen LogP contribution in [0, 0.1) is 17.8 Å². The van der Waals surface area contributed by atoms with E-state index in [0.29, 0.717) is 28.4 Å². The van der Waals surface area contributed by atoms with Crippen LogP contribution in [0.4, 0.5) is 0 Å². The smallest absolute Gasteiger partial charge is 0.346 e. The molecule has 0 amide bonds. The second-order valence-electron chi connectivity index (χ2n) is 10.8. The third-order valence-corrected chi connectivity index (χ3v) is 12.4. The lowest BCUT2D eigenvalue weighted by Gasteiger charge is -2.25. The van der Waals surface area contributed by atoms with Crippen molar-refractivity contribution in [3.8, 4) is 22.3 Å². The van der Waals surface area contributed by atoms with Crippen molar-refractivity contribution in [2.45, 2.75) is 38.0 Å². The van der Waals surface area contributed by atoms with Crippen LogP contribution in [0.15, 0.2) is 65.5 Å². The van der Waals surface area contributed by atoms with E-state index in [1.807, 2.05) is 54.5 Å². The molecule has 0 saturated carbocycles. The molecule has 1 fully saturated rings. The second kappa shape index (κ2) is 14.2. The molecule has 3 heterocycles. The average Bonchev–Trinajstić information content (AvgIpc) is 3.68. The zero-order chi connectivity index (χ0) is 29.5. The maximum absolute atomic E-state index is 13.8. The number of thiazole rings is 1. The summed E-state index contributed by atoms with van der Waals surface area (Å²) in [5, 5.41) is 13.6. The summed E-state index contributed by atoms with van der Waals surface area (Å²) in [4.78, 5) is 18.0. The van der Waals surface area contributed by atoms with Crippen molar-refractivity contribution in [3.05, 3.63) is 92.2 Å². The minimum Gasteiger partial charge on any atom is -0.477 e. The van der Waals surface area contributed by atoms with Gasteiger partial charge >= 0.3 is 5.97 Å². The average molecular weight is 638 g/mol. The highest BCUT2D eigenvalue weighted by Crippen LogP contribution is 2.46. The maximum Gasteiger partial charge on any atom is 0.346 e. The highest BCUT2D eigenvalue weighted by Gasteiger charge is 2.28. The Bertz CT molecular complexity index is 1600. The summed E-state index contributed by atoms with van der Waals surface area (Å²) in [6.07, 6.45) is 5.07. The molecule has 0 spiro atoms. The van der Waals surface area contributed by atoms with Gasteiger partial charge in [0.15, 0.2) is 0 Å². The van der Waals surface area contributed by atoms with E-state index in [0.717, 1.165) is 71.5 Å². The summed E-state index contributed by atoms with van der Waals surface area (Å²) in [6, 6.07) is 17.2. The summed E-state index contributed by atoms with van der Waals surface area (Å²) in [7, 11) is -2.65. The Balaban J connectivity index is 1.40. The van der Waals surface area contributed by atoms with Crippen LogP contribution in [0.3, 0.4) is 0 Å². The fraction of sp³-hybridized carbons (Fsp3) is 0.333. The van der Waals surface area contributed by atoms with Gasteiger partial charge in [0, 0.05) is 45.5 Å². The Labute approximate surface area is 260 Å². The number of carboxylic acid groups (broad SMARTS) is 1. The Hall–Kier alpha value is -2.72. The zero-order valence-corrected chi connectivity index (χ0v) is 26.7. The summed E-state index contributed by atoms with van der Waals surface area (Å²) in [5.41, 5.74) is 5.18. The minimum atomic E-state index is -2.65. The van der Waals surface area contributed by atoms with Crippen molar-refractivity contribution in [2.75, 3.05) is 26.0 Å². The predicted molar refractivity (Wildman–Crippen MR) is 174 cm³/mol. The predicted octanol–water partition coefficient (Wildman–Crippen LogP) is 8.62. The molecule has 1 saturated heterocycles. The first kappa shape index (κ1) is 30.7. The van der Waals surface area contributed by atoms with Crippen LogP contribution in [-0.2, 0) is 9.30 Å². The first-order chi connectivity index (χ1) is 20.3. The Morgan fingerprint density at radius 1 is 1.12 bits per heavy atom. The third-order valence-electron chi connectivity index (χ3n) is 7.87. The molecule has 1 aliphatic heterocycles. The van der Waals surface area contributed by atoms with Crippen molar-refractivity contribution in [2.24, 2.45) is 5.92 Å². The summed E-state index contributed by atoms with van der Waals surface area (Å²) in [6.45, 7) is 3.38. The van der Waals surface area contributed by atoms with Crippen LogP contribution in [0.2, 0.25) is 5.02 Å². The molecule has 9 heteroatoms. The lowest BCUT2D eigenvalue weighted by molar-refractivity contribution is 0.0626. The molecule has 1 N–H and O–H groups in total. The Kier molecular flexibility index (Phi) is 10.4. The van der Waals surface area contributed by atoms with Gasteiger partial charge in [-0.1, -0.05) is 41.8 Å². The fourth-order valence-electron chi connectivity index (χ4n) is 5.36. The standard InChI is InChI=1S/C33H33ClNO4PS2/c1-40(38,29-12-9-27(34)10-13-29)19-16-25(6-2-24-14-17-39-18-15-24)30-20-31(42-32(30)33(36)37)26-7-3-23(4-8-26)5-11-28-21-41-22-35-28/h3-4,7-10,12-13,20-22,24-25H,2,6,14-19H2,1H3,(H,36,37). The molecular formula is C33H33ClNO4PS2. The van der Waals surface area contributed by atoms with Gasteiger partial charge in [-0.3, -0.25) is 0 Å². The number of aromatic nitrogens is 1. The Morgan fingerprint density at radius 3 is 2.52 bits per heavy atom. The highest BCUT2D eigenvalue weighted by molar-refractivity contribution is 7.70. The van der Waals surface area contributed by atoms with E-state index in [-0.39, 0.29) is 5.92 Å². The van der Waals surface area contributed by atoms with E-state index in [4.69, 9.17) is 16.3 Å². The van der Waals surface area contributed by atoms with E-state index in [1.165, 1.54) is 22.7 Å². The number of halogens is 1. The molecule has 2 unspecified atom stereocenters. The number of rotatable bonds is 10. The third kappa shape index (κ3) is 8.01. The first-order valence-corrected chi connectivity index (χ1v) is 18.5. The van der Waals surface area contributed by atoms with Crippen molar-refractivity contribution in [3.63, 3.8) is 0 Å². The van der Waals surface area contributed by atoms with Gasteiger partial charge in [0.25, 0.3) is 0 Å². The lowest BCUT2D eigenvalue weighted by atomic mass is 9.86. The minimum absolute atomic E-state index is 0.00669. The molecule has 5 nitrogen and oxygen atoms in total. The maximum atomic E-state index is 13.8. The molecule has 42 heavy (non-hydrogen) atoms. The van der Waals surface area contributed by atoms with Crippen LogP contribution in [0.5, 0.6) is 0 Å². The van der Waals surface area contributed by atoms with Crippen LogP contribution in [-0.4, -0.2) is 42.1 Å². The van der Waals surface area contributed by atoms with Crippen LogP contribution < -0.4 is 5.30 Å². The van der Waals surface area contributed by atoms with Gasteiger partial charge in [-0.05, 0) is 98.0 Å². The normalized spacial score (nSPS) is 15.9. The molecule has 2 aromatic carbocycles. The molecule has 2 aromatic heterocycles. The Morgan fingerprint density at radius 2 is 1.86 bits per heavy atom. The molecule has 4 aromatic rings. The molecule has 0 bridgehead atoms. The molecular weight excluding hydrogens is 605 g/mol. The number of hydrogen-bond donors (Lipinski definition) is 1. The van der Waals surface area contributed by atoms with Crippen molar-refractivity contribution in [1.82, 2.24) is 4.98 Å². The van der Waals surface area contributed by atoms with Crippen LogP contribution in [0.25, 0.3) is 10.4 Å². The van der Waals surface area contributed by atoms with Gasteiger partial charge in [-0.25, -0.2) is 9.78 Å². The summed E-state index contributed by atoms with van der Waals surface area (Å²) >= 11 is 8.89. The quantitative estimate of drug-likeness (QED) is 0.139. The van der Waals surface area contributed by atoms with Gasteiger partial charge in [0.05, 0.1) is 5.51 Å². The number of thiophene rings is 1. The van der Waals surface area contributed by atoms with E-state index in [1.54, 1.807) is 17.6 Å². The van der Waals surface area contributed by atoms with Crippen molar-refractivity contribution in [1.29, 1.82) is 0 Å². The van der Waals surface area contributed by atoms with Gasteiger partial charge in [-0.15, -0.1) is 22.7 Å². The van der Waals surface area contributed by atoms with E-state index in [2.05, 4.69) is 16.8 Å². The van der Waals surface area contributed by atoms with Gasteiger partial charge < -0.3 is 14.4 Å². The number of nitrogens with zero attached hydrogens (tertiary/aromatic N) is 1. The van der Waals surface area contributed by atoms with E-state index >= 15 is 0 Å². The van der Waals surface area contributed by atoms with Crippen LogP contribution in [0.1, 0.15) is 64.5 Å². The number of carbonyl (C=O) groups is 1. The van der Waals surface area contributed by atoms with E-state index in [9.17, 15) is 14.5 Å². The molecule has 0 aliphatic carbocycles. The largest absolute Gasteiger partial charge is 0.477 e. The summed E-state index contributed by atoms with van der Waals surface area (Å²) < 4.78 is 19.3. The molecule has 5 rings (SSSR count). The molecule has 218 valence electrons. The number of hydrogen-bond acceptors (Lipinski definition) is 6. The first-order valence-electron chi connectivity index (χ1n) is 14.1. The topological polar surface area (TPSA) is 76.5 Å². The number of ether oxygens (including phenoxy) is 1. The summed E-state index contributed by atoms with van der Waals surface area (Å²) in [5.74, 6) is 5.84. The molecule has 2 atom stereocenters. The van der Waals surface area contributed by atoms with Crippen molar-refractivity contribution >= 4 is 52.7 Å². The number of benzene rings is 2. The van der Waals surface area contributed by atoms with Crippen LogP contribution >= 0.6 is 41.4 Å². The number of aromatic carboxylic acids is 1. The number of carboxylic acids is 1. The fourth-order valence-corrected chi connectivity index (χ4v) is 8.90. The molecule has 1 aliphatic rings. The second-order valence-corrected chi connectivity index (χ2v) is 16.2. The van der Waals surface area contributed by atoms with Crippen molar-refractivity contribution < 1.29 is 19.2 Å². The monoisotopic (exact) mass is 637 g/mol.